The lowest BCUT2D eigenvalue weighted by molar-refractivity contribution is -0.150. The largest absolute Gasteiger partial charge is 0.454 e. The number of hydrogen-bond acceptors (Lipinski definition) is 5. The van der Waals surface area contributed by atoms with Gasteiger partial charge in [-0.15, -0.1) is 11.3 Å². The molecule has 1 aromatic heterocycles. The lowest BCUT2D eigenvalue weighted by Gasteiger charge is -2.09. The van der Waals surface area contributed by atoms with Crippen molar-refractivity contribution in [1.82, 2.24) is 10.6 Å². The SMILES string of the molecule is O=C(COC(=O)CNC(=O)c1cccs1)NCC(F)(F)F. The third-order valence-corrected chi connectivity index (χ3v) is 2.86. The monoisotopic (exact) mass is 324 g/mol. The Bertz CT molecular complexity index is 502. The maximum absolute atomic E-state index is 11.8. The normalized spacial score (nSPS) is 10.8. The number of ether oxygens (including phenoxy) is 1. The first-order valence-corrected chi connectivity index (χ1v) is 6.46. The standard InChI is InChI=1S/C11H11F3N2O4S/c12-11(13,14)6-16-8(17)5-20-9(18)4-15-10(19)7-2-1-3-21-7/h1-3H,4-6H2,(H,15,19)(H,16,17). The summed E-state index contributed by atoms with van der Waals surface area (Å²) in [4.78, 5) is 34.0. The second-order valence-electron chi connectivity index (χ2n) is 3.71. The Kier molecular flexibility index (Phi) is 6.15. The van der Waals surface area contributed by atoms with Gasteiger partial charge in [0, 0.05) is 0 Å². The van der Waals surface area contributed by atoms with E-state index in [1.807, 2.05) is 0 Å². The lowest BCUT2D eigenvalue weighted by Crippen LogP contribution is -2.37. The van der Waals surface area contributed by atoms with Gasteiger partial charge in [0.05, 0.1) is 4.88 Å². The molecule has 116 valence electrons. The third kappa shape index (κ3) is 7.30. The van der Waals surface area contributed by atoms with Crippen LogP contribution in [0, 0.1) is 0 Å². The Labute approximate surface area is 121 Å². The van der Waals surface area contributed by atoms with Crippen molar-refractivity contribution in [2.45, 2.75) is 6.18 Å². The summed E-state index contributed by atoms with van der Waals surface area (Å²) >= 11 is 1.18. The van der Waals surface area contributed by atoms with Crippen molar-refractivity contribution in [2.24, 2.45) is 0 Å². The molecule has 0 saturated heterocycles. The molecule has 0 aliphatic rings. The predicted octanol–water partition coefficient (Wildman–Crippen LogP) is 0.700. The van der Waals surface area contributed by atoms with Crippen LogP contribution in [0.15, 0.2) is 17.5 Å². The third-order valence-electron chi connectivity index (χ3n) is 1.99. The highest BCUT2D eigenvalue weighted by Crippen LogP contribution is 2.11. The number of hydrogen-bond donors (Lipinski definition) is 2. The van der Waals surface area contributed by atoms with Gasteiger partial charge in [0.15, 0.2) is 6.61 Å². The molecule has 1 aromatic rings. The van der Waals surface area contributed by atoms with Crippen molar-refractivity contribution in [3.63, 3.8) is 0 Å². The van der Waals surface area contributed by atoms with Crippen molar-refractivity contribution in [1.29, 1.82) is 0 Å². The minimum atomic E-state index is -4.53. The Morgan fingerprint density at radius 1 is 1.24 bits per heavy atom. The van der Waals surface area contributed by atoms with E-state index in [1.54, 1.807) is 17.5 Å². The first kappa shape index (κ1) is 17.0. The maximum Gasteiger partial charge on any atom is 0.405 e. The van der Waals surface area contributed by atoms with Crippen LogP contribution in [0.25, 0.3) is 0 Å². The van der Waals surface area contributed by atoms with Crippen molar-refractivity contribution in [3.05, 3.63) is 22.4 Å². The van der Waals surface area contributed by atoms with Crippen LogP contribution < -0.4 is 10.6 Å². The van der Waals surface area contributed by atoms with E-state index in [0.29, 0.717) is 4.88 Å². The Hall–Kier alpha value is -2.10. The molecule has 0 bridgehead atoms. The van der Waals surface area contributed by atoms with Crippen LogP contribution in [0.4, 0.5) is 13.2 Å². The molecule has 21 heavy (non-hydrogen) atoms. The van der Waals surface area contributed by atoms with Crippen LogP contribution in [-0.2, 0) is 14.3 Å². The highest BCUT2D eigenvalue weighted by Gasteiger charge is 2.27. The molecule has 0 atom stereocenters. The summed E-state index contributed by atoms with van der Waals surface area (Å²) < 4.78 is 39.8. The molecule has 0 saturated carbocycles. The molecule has 0 aliphatic heterocycles. The van der Waals surface area contributed by atoms with Crippen molar-refractivity contribution in [3.8, 4) is 0 Å². The summed E-state index contributed by atoms with van der Waals surface area (Å²) in [7, 11) is 0. The van der Waals surface area contributed by atoms with Crippen LogP contribution in [0.2, 0.25) is 0 Å². The Morgan fingerprint density at radius 2 is 1.95 bits per heavy atom. The number of thiophene rings is 1. The van der Waals surface area contributed by atoms with Gasteiger partial charge < -0.3 is 15.4 Å². The molecule has 0 unspecified atom stereocenters. The molecule has 1 heterocycles. The Balaban J connectivity index is 2.19. The molecular weight excluding hydrogens is 313 g/mol. The van der Waals surface area contributed by atoms with Gasteiger partial charge in [-0.3, -0.25) is 14.4 Å². The molecule has 0 aliphatic carbocycles. The fraction of sp³-hybridized carbons (Fsp3) is 0.364. The zero-order valence-electron chi connectivity index (χ0n) is 10.5. The number of halogens is 3. The van der Waals surface area contributed by atoms with E-state index >= 15 is 0 Å². The zero-order chi connectivity index (χ0) is 15.9. The molecular formula is C11H11F3N2O4S. The number of alkyl halides is 3. The molecule has 2 N–H and O–H groups in total. The average molecular weight is 324 g/mol. The summed E-state index contributed by atoms with van der Waals surface area (Å²) in [5.74, 6) is -2.49. The minimum Gasteiger partial charge on any atom is -0.454 e. The number of amides is 2. The number of carbonyl (C=O) groups is 3. The van der Waals surface area contributed by atoms with Gasteiger partial charge in [0.2, 0.25) is 0 Å². The van der Waals surface area contributed by atoms with E-state index in [-0.39, 0.29) is 0 Å². The highest BCUT2D eigenvalue weighted by atomic mass is 32.1. The van der Waals surface area contributed by atoms with E-state index in [1.165, 1.54) is 16.7 Å². The maximum atomic E-state index is 11.8. The van der Waals surface area contributed by atoms with Crippen LogP contribution in [0.5, 0.6) is 0 Å². The van der Waals surface area contributed by atoms with Gasteiger partial charge >= 0.3 is 12.1 Å². The molecule has 0 aromatic carbocycles. The van der Waals surface area contributed by atoms with Crippen LogP contribution in [0.3, 0.4) is 0 Å². The molecule has 1 rings (SSSR count). The van der Waals surface area contributed by atoms with Crippen LogP contribution in [-0.4, -0.2) is 43.7 Å². The van der Waals surface area contributed by atoms with Gasteiger partial charge in [-0.25, -0.2) is 0 Å². The number of esters is 1. The van der Waals surface area contributed by atoms with E-state index in [4.69, 9.17) is 0 Å². The topological polar surface area (TPSA) is 84.5 Å². The van der Waals surface area contributed by atoms with Crippen molar-refractivity contribution in [2.75, 3.05) is 19.7 Å². The number of carbonyl (C=O) groups excluding carboxylic acids is 3. The summed E-state index contributed by atoms with van der Waals surface area (Å²) in [6.45, 7) is -2.83. The summed E-state index contributed by atoms with van der Waals surface area (Å²) in [6, 6.07) is 3.21. The number of rotatable bonds is 6. The van der Waals surface area contributed by atoms with Gasteiger partial charge in [0.1, 0.15) is 13.1 Å². The smallest absolute Gasteiger partial charge is 0.405 e. The molecule has 0 radical (unpaired) electrons. The van der Waals surface area contributed by atoms with Crippen LogP contribution >= 0.6 is 11.3 Å². The van der Waals surface area contributed by atoms with Gasteiger partial charge in [-0.05, 0) is 11.4 Å². The fourth-order valence-electron chi connectivity index (χ4n) is 1.09. The number of nitrogens with one attached hydrogen (secondary N) is 2. The van der Waals surface area contributed by atoms with Crippen molar-refractivity contribution < 1.29 is 32.3 Å². The molecule has 0 fully saturated rings. The molecule has 2 amide bonds. The highest BCUT2D eigenvalue weighted by molar-refractivity contribution is 7.12. The van der Waals surface area contributed by atoms with E-state index in [0.717, 1.165) is 0 Å². The lowest BCUT2D eigenvalue weighted by atomic mass is 10.4. The van der Waals surface area contributed by atoms with Crippen LogP contribution in [0.1, 0.15) is 9.67 Å². The van der Waals surface area contributed by atoms with E-state index in [2.05, 4.69) is 10.1 Å². The summed E-state index contributed by atoms with van der Waals surface area (Å²) in [5.41, 5.74) is 0. The molecule has 10 heteroatoms. The quantitative estimate of drug-likeness (QED) is 0.755. The zero-order valence-corrected chi connectivity index (χ0v) is 11.3. The average Bonchev–Trinajstić information content (AvgIpc) is 2.93. The minimum absolute atomic E-state index is 0.394. The van der Waals surface area contributed by atoms with Crippen molar-refractivity contribution >= 4 is 29.1 Å². The van der Waals surface area contributed by atoms with E-state index in [9.17, 15) is 27.6 Å². The second kappa shape index (κ2) is 7.62. The first-order chi connectivity index (χ1) is 9.78. The van der Waals surface area contributed by atoms with Gasteiger partial charge in [0.25, 0.3) is 11.8 Å². The predicted molar refractivity (Wildman–Crippen MR) is 66.7 cm³/mol. The fourth-order valence-corrected chi connectivity index (χ4v) is 1.73. The van der Waals surface area contributed by atoms with Gasteiger partial charge in [-0.1, -0.05) is 6.07 Å². The summed E-state index contributed by atoms with van der Waals surface area (Å²) in [6.07, 6.45) is -4.53. The molecule has 6 nitrogen and oxygen atoms in total. The van der Waals surface area contributed by atoms with Gasteiger partial charge in [-0.2, -0.15) is 13.2 Å². The summed E-state index contributed by atoms with van der Waals surface area (Å²) in [5, 5.41) is 5.47. The molecule has 0 spiro atoms. The second-order valence-corrected chi connectivity index (χ2v) is 4.66. The Morgan fingerprint density at radius 3 is 2.52 bits per heavy atom. The van der Waals surface area contributed by atoms with E-state index < -0.39 is 43.7 Å². The first-order valence-electron chi connectivity index (χ1n) is 5.59.